The first-order valence-corrected chi connectivity index (χ1v) is 7.42. The zero-order valence-electron chi connectivity index (χ0n) is 10.7. The molecule has 3 nitrogen and oxygen atoms in total. The number of aryl methyl sites for hydroxylation is 2. The first kappa shape index (κ1) is 12.5. The Hall–Kier alpha value is -1.52. The van der Waals surface area contributed by atoms with Crippen molar-refractivity contribution in [2.75, 3.05) is 0 Å². The SMILES string of the molecule is NCc1nc(C(=O)Cc2ccc3c(c2)CCC3)cs1. The van der Waals surface area contributed by atoms with Gasteiger partial charge in [-0.05, 0) is 36.0 Å². The quantitative estimate of drug-likeness (QED) is 0.870. The summed E-state index contributed by atoms with van der Waals surface area (Å²) in [4.78, 5) is 16.4. The van der Waals surface area contributed by atoms with Crippen LogP contribution in [0.5, 0.6) is 0 Å². The normalized spacial score (nSPS) is 13.5. The van der Waals surface area contributed by atoms with Gasteiger partial charge in [0.15, 0.2) is 5.78 Å². The maximum Gasteiger partial charge on any atom is 0.186 e. The molecule has 0 bridgehead atoms. The van der Waals surface area contributed by atoms with Crippen LogP contribution in [0.15, 0.2) is 23.6 Å². The van der Waals surface area contributed by atoms with Gasteiger partial charge in [-0.1, -0.05) is 18.2 Å². The number of aromatic nitrogens is 1. The Kier molecular flexibility index (Phi) is 3.44. The average Bonchev–Trinajstić information content (AvgIpc) is 3.06. The fraction of sp³-hybridized carbons (Fsp3) is 0.333. The van der Waals surface area contributed by atoms with Crippen LogP contribution in [-0.2, 0) is 25.8 Å². The Morgan fingerprint density at radius 1 is 1.32 bits per heavy atom. The molecule has 3 rings (SSSR count). The van der Waals surface area contributed by atoms with E-state index in [9.17, 15) is 4.79 Å². The number of hydrogen-bond acceptors (Lipinski definition) is 4. The number of carbonyl (C=O) groups is 1. The van der Waals surface area contributed by atoms with E-state index in [0.717, 1.165) is 17.0 Å². The minimum Gasteiger partial charge on any atom is -0.325 e. The summed E-state index contributed by atoms with van der Waals surface area (Å²) in [5.74, 6) is 0.0777. The van der Waals surface area contributed by atoms with Crippen LogP contribution < -0.4 is 5.73 Å². The number of thiazole rings is 1. The van der Waals surface area contributed by atoms with Gasteiger partial charge >= 0.3 is 0 Å². The summed E-state index contributed by atoms with van der Waals surface area (Å²) in [6, 6.07) is 6.41. The molecule has 1 aliphatic carbocycles. The Morgan fingerprint density at radius 2 is 2.16 bits per heavy atom. The largest absolute Gasteiger partial charge is 0.325 e. The van der Waals surface area contributed by atoms with Crippen molar-refractivity contribution in [3.05, 3.63) is 51.0 Å². The molecule has 2 aromatic rings. The van der Waals surface area contributed by atoms with E-state index in [1.54, 1.807) is 5.38 Å². The molecular formula is C15H16N2OS. The fourth-order valence-corrected chi connectivity index (χ4v) is 3.22. The van der Waals surface area contributed by atoms with Crippen LogP contribution in [0.3, 0.4) is 0 Å². The molecule has 0 fully saturated rings. The van der Waals surface area contributed by atoms with E-state index in [0.29, 0.717) is 18.7 Å². The summed E-state index contributed by atoms with van der Waals surface area (Å²) >= 11 is 1.45. The fourth-order valence-electron chi connectivity index (χ4n) is 2.54. The van der Waals surface area contributed by atoms with Crippen molar-refractivity contribution in [3.8, 4) is 0 Å². The average molecular weight is 272 g/mol. The number of carbonyl (C=O) groups excluding carboxylic acids is 1. The summed E-state index contributed by atoms with van der Waals surface area (Å²) in [7, 11) is 0. The van der Waals surface area contributed by atoms with Crippen LogP contribution >= 0.6 is 11.3 Å². The smallest absolute Gasteiger partial charge is 0.186 e. The summed E-state index contributed by atoms with van der Waals surface area (Å²) < 4.78 is 0. The molecule has 0 atom stereocenters. The van der Waals surface area contributed by atoms with E-state index in [1.807, 2.05) is 0 Å². The van der Waals surface area contributed by atoms with Crippen molar-refractivity contribution < 1.29 is 4.79 Å². The maximum atomic E-state index is 12.1. The first-order chi connectivity index (χ1) is 9.26. The van der Waals surface area contributed by atoms with Gasteiger partial charge in [0.2, 0.25) is 0 Å². The minimum atomic E-state index is 0.0777. The molecule has 0 radical (unpaired) electrons. The van der Waals surface area contributed by atoms with Crippen molar-refractivity contribution in [1.82, 2.24) is 4.98 Å². The lowest BCUT2D eigenvalue weighted by Gasteiger charge is -2.03. The molecule has 0 unspecified atom stereocenters. The number of ketones is 1. The second kappa shape index (κ2) is 5.23. The molecule has 19 heavy (non-hydrogen) atoms. The van der Waals surface area contributed by atoms with Crippen LogP contribution in [0.1, 0.15) is 38.6 Å². The lowest BCUT2D eigenvalue weighted by molar-refractivity contribution is 0.0988. The topological polar surface area (TPSA) is 56.0 Å². The first-order valence-electron chi connectivity index (χ1n) is 6.54. The highest BCUT2D eigenvalue weighted by molar-refractivity contribution is 7.09. The van der Waals surface area contributed by atoms with E-state index in [1.165, 1.54) is 35.3 Å². The monoisotopic (exact) mass is 272 g/mol. The third-order valence-electron chi connectivity index (χ3n) is 3.54. The summed E-state index contributed by atoms with van der Waals surface area (Å²) in [5.41, 5.74) is 10.0. The number of rotatable bonds is 4. The Balaban J connectivity index is 1.75. The number of fused-ring (bicyclic) bond motifs is 1. The summed E-state index contributed by atoms with van der Waals surface area (Å²) in [6.45, 7) is 0.400. The summed E-state index contributed by atoms with van der Waals surface area (Å²) in [5, 5.41) is 2.62. The van der Waals surface area contributed by atoms with E-state index in [-0.39, 0.29) is 5.78 Å². The van der Waals surface area contributed by atoms with Gasteiger partial charge in [-0.2, -0.15) is 0 Å². The number of nitrogens with zero attached hydrogens (tertiary/aromatic N) is 1. The Bertz CT molecular complexity index is 618. The highest BCUT2D eigenvalue weighted by atomic mass is 32.1. The van der Waals surface area contributed by atoms with Gasteiger partial charge in [0.25, 0.3) is 0 Å². The van der Waals surface area contributed by atoms with Crippen molar-refractivity contribution >= 4 is 17.1 Å². The van der Waals surface area contributed by atoms with Gasteiger partial charge in [0, 0.05) is 18.3 Å². The molecule has 0 saturated heterocycles. The minimum absolute atomic E-state index is 0.0777. The van der Waals surface area contributed by atoms with Crippen LogP contribution in [-0.4, -0.2) is 10.8 Å². The molecule has 1 aliphatic rings. The number of Topliss-reactive ketones (excluding diaryl/α,β-unsaturated/α-hetero) is 1. The molecule has 4 heteroatoms. The second-order valence-corrected chi connectivity index (χ2v) is 5.83. The molecular weight excluding hydrogens is 256 g/mol. The molecule has 2 N–H and O–H groups in total. The predicted molar refractivity (Wildman–Crippen MR) is 76.5 cm³/mol. The van der Waals surface area contributed by atoms with Crippen LogP contribution in [0.2, 0.25) is 0 Å². The predicted octanol–water partition coefficient (Wildman–Crippen LogP) is 2.52. The molecule has 0 spiro atoms. The van der Waals surface area contributed by atoms with Crippen molar-refractivity contribution in [2.24, 2.45) is 5.73 Å². The van der Waals surface area contributed by atoms with Crippen LogP contribution in [0.4, 0.5) is 0 Å². The highest BCUT2D eigenvalue weighted by Crippen LogP contribution is 2.23. The van der Waals surface area contributed by atoms with Gasteiger partial charge in [-0.3, -0.25) is 4.79 Å². The van der Waals surface area contributed by atoms with E-state index in [2.05, 4.69) is 23.2 Å². The lowest BCUT2D eigenvalue weighted by atomic mass is 10.0. The molecule has 0 aliphatic heterocycles. The Morgan fingerprint density at radius 3 is 2.95 bits per heavy atom. The Labute approximate surface area is 116 Å². The third kappa shape index (κ3) is 2.60. The highest BCUT2D eigenvalue weighted by Gasteiger charge is 2.14. The van der Waals surface area contributed by atoms with Crippen molar-refractivity contribution in [1.29, 1.82) is 0 Å². The van der Waals surface area contributed by atoms with Gasteiger partial charge in [-0.25, -0.2) is 4.98 Å². The van der Waals surface area contributed by atoms with E-state index >= 15 is 0 Å². The third-order valence-corrected chi connectivity index (χ3v) is 4.41. The van der Waals surface area contributed by atoms with Crippen molar-refractivity contribution in [3.63, 3.8) is 0 Å². The van der Waals surface area contributed by atoms with E-state index in [4.69, 9.17) is 5.73 Å². The molecule has 0 saturated carbocycles. The molecule has 0 amide bonds. The van der Waals surface area contributed by atoms with Crippen molar-refractivity contribution in [2.45, 2.75) is 32.2 Å². The van der Waals surface area contributed by atoms with Gasteiger partial charge in [-0.15, -0.1) is 11.3 Å². The van der Waals surface area contributed by atoms with Crippen LogP contribution in [0, 0.1) is 0 Å². The molecule has 1 aromatic heterocycles. The van der Waals surface area contributed by atoms with Gasteiger partial charge in [0.05, 0.1) is 0 Å². The maximum absolute atomic E-state index is 12.1. The lowest BCUT2D eigenvalue weighted by Crippen LogP contribution is -2.05. The van der Waals surface area contributed by atoms with Crippen LogP contribution in [0.25, 0.3) is 0 Å². The standard InChI is InChI=1S/C15H16N2OS/c16-8-15-17-13(9-19-15)14(18)7-10-4-5-11-2-1-3-12(11)6-10/h4-6,9H,1-3,7-8,16H2. The van der Waals surface area contributed by atoms with E-state index < -0.39 is 0 Å². The summed E-state index contributed by atoms with van der Waals surface area (Å²) in [6.07, 6.45) is 3.99. The number of nitrogens with two attached hydrogens (primary N) is 1. The molecule has 98 valence electrons. The second-order valence-electron chi connectivity index (χ2n) is 4.89. The molecule has 1 aromatic carbocycles. The number of hydrogen-bond donors (Lipinski definition) is 1. The zero-order chi connectivity index (χ0) is 13.2. The van der Waals surface area contributed by atoms with Gasteiger partial charge < -0.3 is 5.73 Å². The zero-order valence-corrected chi connectivity index (χ0v) is 11.5. The van der Waals surface area contributed by atoms with Gasteiger partial charge in [0.1, 0.15) is 10.7 Å². The molecule has 1 heterocycles. The number of benzene rings is 1.